The summed E-state index contributed by atoms with van der Waals surface area (Å²) in [5.41, 5.74) is 10.5. The highest BCUT2D eigenvalue weighted by atomic mass is 32.1. The molecule has 352 valence electrons. The molecular weight excluding hydrogens is 897 g/mol. The van der Waals surface area contributed by atoms with Gasteiger partial charge < -0.3 is 25.4 Å². The lowest BCUT2D eigenvalue weighted by Gasteiger charge is -2.35. The Bertz CT molecular complexity index is 2930. The van der Waals surface area contributed by atoms with E-state index in [0.29, 0.717) is 5.82 Å². The lowest BCUT2D eigenvalue weighted by atomic mass is 9.85. The van der Waals surface area contributed by atoms with E-state index >= 15 is 0 Å². The first kappa shape index (κ1) is 47.9. The van der Waals surface area contributed by atoms with Gasteiger partial charge in [0, 0.05) is 35.0 Å². The van der Waals surface area contributed by atoms with Crippen molar-refractivity contribution in [2.24, 2.45) is 10.4 Å². The number of aryl methyl sites for hydroxylation is 3. The second kappa shape index (κ2) is 19.5. The molecule has 6 aromatic rings. The molecule has 0 bridgehead atoms. The Morgan fingerprint density at radius 1 is 0.897 bits per heavy atom. The number of aromatic nitrogens is 4. The summed E-state index contributed by atoms with van der Waals surface area (Å²) in [5.74, 6) is -0.337. The fraction of sp³-hybridized carbons (Fsp3) is 0.346. The van der Waals surface area contributed by atoms with Crippen molar-refractivity contribution < 1.29 is 29.0 Å². The third kappa shape index (κ3) is 9.84. The van der Waals surface area contributed by atoms with E-state index in [2.05, 4.69) is 39.7 Å². The number of carbonyl (C=O) groups is 4. The Morgan fingerprint density at radius 2 is 1.54 bits per heavy atom. The molecule has 3 aromatic carbocycles. The number of nitrogens with zero attached hydrogens (tertiary/aromatic N) is 6. The fourth-order valence-corrected chi connectivity index (χ4v) is 10.8. The number of ether oxygens (including phenoxy) is 1. The number of thiophene rings is 1. The van der Waals surface area contributed by atoms with Crippen LogP contribution in [0.4, 0.5) is 0 Å². The SMILES string of the molecule is COC(=O)C[C@@H]1N=C(c2ccc(-c3ccc(/C=C/C(=O)N[C@H](C(=O)N4C[C@H](O)C[C@H]4C(=O)N[C@@H](C)c4ccc(-c5scnc5C)cc4)C(C)(C)C)cc3)cc2)c2c(sc(C)c2C)-n2c(C)nnc21. The van der Waals surface area contributed by atoms with Crippen LogP contribution in [0.1, 0.15) is 103 Å². The Balaban J connectivity index is 0.928. The summed E-state index contributed by atoms with van der Waals surface area (Å²) in [6.07, 6.45) is 2.32. The Morgan fingerprint density at radius 3 is 2.18 bits per heavy atom. The van der Waals surface area contributed by atoms with Crippen LogP contribution in [0.3, 0.4) is 0 Å². The largest absolute Gasteiger partial charge is 0.469 e. The summed E-state index contributed by atoms with van der Waals surface area (Å²) in [7, 11) is 1.37. The molecule has 5 atom stereocenters. The van der Waals surface area contributed by atoms with Crippen LogP contribution in [0.15, 0.2) is 89.4 Å². The van der Waals surface area contributed by atoms with Crippen LogP contribution in [0, 0.1) is 33.1 Å². The van der Waals surface area contributed by atoms with Crippen LogP contribution in [0.25, 0.3) is 32.6 Å². The molecule has 0 radical (unpaired) electrons. The minimum absolute atomic E-state index is 0.0208. The van der Waals surface area contributed by atoms with E-state index in [1.807, 2.05) is 124 Å². The highest BCUT2D eigenvalue weighted by molar-refractivity contribution is 7.15. The quantitative estimate of drug-likeness (QED) is 0.0805. The minimum Gasteiger partial charge on any atom is -0.469 e. The molecule has 68 heavy (non-hydrogen) atoms. The summed E-state index contributed by atoms with van der Waals surface area (Å²) in [4.78, 5) is 67.2. The number of aliphatic hydroxyl groups is 1. The number of methoxy groups -OCH3 is 1. The number of benzene rings is 3. The van der Waals surface area contributed by atoms with Gasteiger partial charge in [-0.1, -0.05) is 93.6 Å². The molecule has 0 unspecified atom stereocenters. The van der Waals surface area contributed by atoms with Crippen LogP contribution in [-0.2, 0) is 23.9 Å². The normalized spacial score (nSPS) is 17.8. The minimum atomic E-state index is -0.975. The van der Waals surface area contributed by atoms with Gasteiger partial charge in [0.2, 0.25) is 17.7 Å². The summed E-state index contributed by atoms with van der Waals surface area (Å²) in [6.45, 7) is 15.5. The van der Waals surface area contributed by atoms with Gasteiger partial charge in [-0.3, -0.25) is 28.7 Å². The van der Waals surface area contributed by atoms with Crippen LogP contribution in [0.5, 0.6) is 0 Å². The van der Waals surface area contributed by atoms with E-state index in [1.165, 1.54) is 18.1 Å². The van der Waals surface area contributed by atoms with Crippen molar-refractivity contribution in [2.75, 3.05) is 13.7 Å². The number of rotatable bonds is 12. The molecule has 1 saturated heterocycles. The highest BCUT2D eigenvalue weighted by Gasteiger charge is 2.44. The number of aliphatic hydroxyl groups excluding tert-OH is 1. The Kier molecular flexibility index (Phi) is 13.8. The molecule has 2 aliphatic heterocycles. The van der Waals surface area contributed by atoms with Crippen molar-refractivity contribution in [3.8, 4) is 26.6 Å². The molecule has 3 N–H and O–H groups in total. The maximum Gasteiger partial charge on any atom is 0.308 e. The number of β-amino-alcohol motifs (C(OH)–C–C–N with tert-alkyl or cyclic N) is 1. The summed E-state index contributed by atoms with van der Waals surface area (Å²) in [6, 6.07) is 21.1. The number of carbonyl (C=O) groups excluding carboxylic acids is 4. The van der Waals surface area contributed by atoms with Crippen molar-refractivity contribution in [3.63, 3.8) is 0 Å². The van der Waals surface area contributed by atoms with Crippen molar-refractivity contribution in [1.82, 2.24) is 35.3 Å². The molecule has 0 aliphatic carbocycles. The number of fused-ring (bicyclic) bond motifs is 3. The third-order valence-corrected chi connectivity index (χ3v) is 14.9. The lowest BCUT2D eigenvalue weighted by Crippen LogP contribution is -2.57. The number of likely N-dealkylation sites (tertiary alicyclic amines) is 1. The predicted molar refractivity (Wildman–Crippen MR) is 266 cm³/mol. The number of hydrogen-bond acceptors (Lipinski definition) is 12. The molecule has 16 heteroatoms. The number of amides is 3. The van der Waals surface area contributed by atoms with Gasteiger partial charge in [0.1, 0.15) is 29.0 Å². The maximum absolute atomic E-state index is 14.2. The van der Waals surface area contributed by atoms with Gasteiger partial charge >= 0.3 is 5.97 Å². The van der Waals surface area contributed by atoms with Crippen LogP contribution in [-0.4, -0.2) is 91.0 Å². The third-order valence-electron chi connectivity index (χ3n) is 12.7. The van der Waals surface area contributed by atoms with E-state index in [9.17, 15) is 24.3 Å². The molecule has 3 amide bonds. The van der Waals surface area contributed by atoms with Gasteiger partial charge in [-0.15, -0.1) is 32.9 Å². The smallest absolute Gasteiger partial charge is 0.308 e. The van der Waals surface area contributed by atoms with Crippen molar-refractivity contribution in [2.45, 2.75) is 98.5 Å². The second-order valence-corrected chi connectivity index (χ2v) is 20.6. The molecule has 2 aliphatic rings. The monoisotopic (exact) mass is 952 g/mol. The van der Waals surface area contributed by atoms with Gasteiger partial charge in [0.05, 0.1) is 47.5 Å². The van der Waals surface area contributed by atoms with Crippen LogP contribution >= 0.6 is 22.7 Å². The molecule has 3 aromatic heterocycles. The first-order chi connectivity index (χ1) is 32.4. The van der Waals surface area contributed by atoms with Gasteiger partial charge in [-0.05, 0) is 79.5 Å². The van der Waals surface area contributed by atoms with Gasteiger partial charge in [0.15, 0.2) is 5.82 Å². The predicted octanol–water partition coefficient (Wildman–Crippen LogP) is 8.19. The number of thiazole rings is 1. The van der Waals surface area contributed by atoms with Crippen LogP contribution in [0.2, 0.25) is 0 Å². The second-order valence-electron chi connectivity index (χ2n) is 18.5. The van der Waals surface area contributed by atoms with Crippen molar-refractivity contribution >= 4 is 58.2 Å². The molecule has 1 fully saturated rings. The summed E-state index contributed by atoms with van der Waals surface area (Å²) < 4.78 is 7.04. The van der Waals surface area contributed by atoms with E-state index in [-0.39, 0.29) is 37.3 Å². The average Bonchev–Trinajstić information content (AvgIpc) is 4.09. The standard InChI is InChI=1S/C52H56N8O6S2/c1-28-31(4)68-51-44(28)45(55-40(25-43(63)66-9)48-58-57-32(5)60(48)51)37-19-17-36(18-20-37)35-13-10-33(11-14-35)12-23-42(62)56-47(52(6,7)8)50(65)59-26-39(61)24-41(59)49(64)54-29(2)34-15-21-38(22-16-34)46-30(3)53-27-67-46/h10-23,27,29,39-41,47,61H,24-26H2,1-9H3,(H,54,64)(H,56,62)/b23-12+/t29-,39+,40-,41-,47+/m0/s1. The first-order valence-electron chi connectivity index (χ1n) is 22.6. The maximum atomic E-state index is 14.2. The highest BCUT2D eigenvalue weighted by Crippen LogP contribution is 2.40. The van der Waals surface area contributed by atoms with E-state index in [1.54, 1.807) is 28.7 Å². The van der Waals surface area contributed by atoms with Gasteiger partial charge in [-0.2, -0.15) is 0 Å². The topological polar surface area (TPSA) is 181 Å². The lowest BCUT2D eigenvalue weighted by molar-refractivity contribution is -0.143. The number of nitrogens with one attached hydrogen (secondary N) is 2. The zero-order chi connectivity index (χ0) is 48.6. The average molecular weight is 953 g/mol. The Labute approximate surface area is 404 Å². The molecule has 0 saturated carbocycles. The zero-order valence-corrected chi connectivity index (χ0v) is 41.3. The van der Waals surface area contributed by atoms with Gasteiger partial charge in [0.25, 0.3) is 0 Å². The number of esters is 1. The molecule has 8 rings (SSSR count). The van der Waals surface area contributed by atoms with Gasteiger partial charge in [-0.25, -0.2) is 4.98 Å². The molecule has 5 heterocycles. The first-order valence-corrected chi connectivity index (χ1v) is 24.3. The van der Waals surface area contributed by atoms with Crippen molar-refractivity contribution in [3.05, 3.63) is 134 Å². The van der Waals surface area contributed by atoms with E-state index in [4.69, 9.17) is 9.73 Å². The molecular formula is C52H56N8O6S2. The van der Waals surface area contributed by atoms with Crippen molar-refractivity contribution in [1.29, 1.82) is 0 Å². The zero-order valence-electron chi connectivity index (χ0n) is 39.7. The molecule has 14 nitrogen and oxygen atoms in total. The fourth-order valence-electron chi connectivity index (χ4n) is 8.75. The summed E-state index contributed by atoms with van der Waals surface area (Å²) in [5, 5.41) is 26.4. The number of hydrogen-bond donors (Lipinski definition) is 3. The Hall–Kier alpha value is -6.62. The van der Waals surface area contributed by atoms with Crippen LogP contribution < -0.4 is 10.6 Å². The number of aliphatic imine (C=N–C) groups is 1. The molecule has 0 spiro atoms. The van der Waals surface area contributed by atoms with E-state index in [0.717, 1.165) is 76.5 Å². The summed E-state index contributed by atoms with van der Waals surface area (Å²) >= 11 is 3.23. The van der Waals surface area contributed by atoms with E-state index < -0.39 is 41.5 Å².